The summed E-state index contributed by atoms with van der Waals surface area (Å²) in [7, 11) is -1.21. The number of hydrogen-bond acceptors (Lipinski definition) is 0. The summed E-state index contributed by atoms with van der Waals surface area (Å²) < 4.78 is 0. The van der Waals surface area contributed by atoms with Crippen LogP contribution in [0.3, 0.4) is 0 Å². The van der Waals surface area contributed by atoms with Gasteiger partial charge >= 0.3 is 0 Å². The highest BCUT2D eigenvalue weighted by Crippen LogP contribution is 2.00. The summed E-state index contributed by atoms with van der Waals surface area (Å²) in [6, 6.07) is 10.2. The predicted octanol–water partition coefficient (Wildman–Crippen LogP) is 3.58. The van der Waals surface area contributed by atoms with E-state index in [2.05, 4.69) is 43.2 Å². The second kappa shape index (κ2) is 4.83. The van der Waals surface area contributed by atoms with Crippen LogP contribution >= 0.6 is 0 Å². The fourth-order valence-corrected chi connectivity index (χ4v) is 1.48. The van der Waals surface area contributed by atoms with E-state index in [0.29, 0.717) is 0 Å². The van der Waals surface area contributed by atoms with Gasteiger partial charge < -0.3 is 0 Å². The zero-order valence-electron chi connectivity index (χ0n) is 9.04. The molecule has 1 aromatic carbocycles. The highest BCUT2D eigenvalue weighted by molar-refractivity contribution is 6.83. The minimum absolute atomic E-state index is 1.21. The summed E-state index contributed by atoms with van der Waals surface area (Å²) in [5, 5.41) is 0. The molecule has 0 saturated carbocycles. The molecule has 0 bridgehead atoms. The van der Waals surface area contributed by atoms with Crippen LogP contribution in [0, 0.1) is 11.5 Å². The fourth-order valence-electron chi connectivity index (χ4n) is 0.960. The molecule has 0 heterocycles. The summed E-state index contributed by atoms with van der Waals surface area (Å²) in [5.74, 6) is 3.10. The average Bonchev–Trinajstić information content (AvgIpc) is 2.13. The van der Waals surface area contributed by atoms with E-state index in [1.54, 1.807) is 0 Å². The molecule has 1 rings (SSSR count). The van der Waals surface area contributed by atoms with E-state index in [4.69, 9.17) is 0 Å². The maximum atomic E-state index is 3.29. The van der Waals surface area contributed by atoms with Crippen molar-refractivity contribution in [3.8, 4) is 11.5 Å². The molecule has 0 aliphatic heterocycles. The third kappa shape index (κ3) is 4.69. The summed E-state index contributed by atoms with van der Waals surface area (Å²) in [6.07, 6.45) is 3.99. The van der Waals surface area contributed by atoms with E-state index >= 15 is 0 Å². The quantitative estimate of drug-likeness (QED) is 0.480. The number of rotatable bonds is 1. The van der Waals surface area contributed by atoms with Crippen molar-refractivity contribution < 1.29 is 0 Å². The molecule has 0 atom stereocenters. The van der Waals surface area contributed by atoms with Crippen LogP contribution in [0.25, 0.3) is 6.08 Å². The Morgan fingerprint density at radius 2 is 1.71 bits per heavy atom. The van der Waals surface area contributed by atoms with E-state index in [-0.39, 0.29) is 0 Å². The SMILES string of the molecule is C[Si](C)(C)C#C/C=C\c1ccccc1. The molecule has 0 fully saturated rings. The molecule has 0 aliphatic carbocycles. The van der Waals surface area contributed by atoms with Crippen molar-refractivity contribution in [3.63, 3.8) is 0 Å². The minimum atomic E-state index is -1.21. The molecular weight excluding hydrogens is 184 g/mol. The van der Waals surface area contributed by atoms with Crippen molar-refractivity contribution in [1.82, 2.24) is 0 Å². The van der Waals surface area contributed by atoms with Gasteiger partial charge in [0.05, 0.1) is 0 Å². The Kier molecular flexibility index (Phi) is 3.73. The van der Waals surface area contributed by atoms with Crippen LogP contribution in [0.15, 0.2) is 36.4 Å². The van der Waals surface area contributed by atoms with Crippen molar-refractivity contribution in [3.05, 3.63) is 42.0 Å². The normalized spacial score (nSPS) is 11.1. The average molecular weight is 200 g/mol. The maximum Gasteiger partial charge on any atom is 0.129 e. The Labute approximate surface area is 87.7 Å². The van der Waals surface area contributed by atoms with Crippen LogP contribution in [-0.4, -0.2) is 8.07 Å². The van der Waals surface area contributed by atoms with Gasteiger partial charge in [-0.25, -0.2) is 0 Å². The van der Waals surface area contributed by atoms with Crippen molar-refractivity contribution in [2.24, 2.45) is 0 Å². The van der Waals surface area contributed by atoms with Crippen molar-refractivity contribution >= 4 is 14.1 Å². The molecule has 72 valence electrons. The minimum Gasteiger partial charge on any atom is -0.127 e. The molecule has 0 amide bonds. The van der Waals surface area contributed by atoms with Gasteiger partial charge in [-0.1, -0.05) is 55.9 Å². The van der Waals surface area contributed by atoms with E-state index in [9.17, 15) is 0 Å². The molecule has 0 nitrogen and oxygen atoms in total. The zero-order chi connectivity index (χ0) is 10.4. The summed E-state index contributed by atoms with van der Waals surface area (Å²) in [6.45, 7) is 6.74. The van der Waals surface area contributed by atoms with Gasteiger partial charge in [0.2, 0.25) is 0 Å². The van der Waals surface area contributed by atoms with Gasteiger partial charge in [-0.15, -0.1) is 5.54 Å². The van der Waals surface area contributed by atoms with Crippen LogP contribution in [-0.2, 0) is 0 Å². The number of allylic oxidation sites excluding steroid dienone is 1. The van der Waals surface area contributed by atoms with Gasteiger partial charge in [-0.3, -0.25) is 0 Å². The lowest BCUT2D eigenvalue weighted by molar-refractivity contribution is 1.66. The molecule has 0 aromatic heterocycles. The molecule has 1 heteroatoms. The second-order valence-electron chi connectivity index (χ2n) is 4.26. The molecule has 0 N–H and O–H groups in total. The largest absolute Gasteiger partial charge is 0.129 e. The van der Waals surface area contributed by atoms with Crippen molar-refractivity contribution in [1.29, 1.82) is 0 Å². The molecule has 0 radical (unpaired) electrons. The molecule has 0 unspecified atom stereocenters. The molecule has 14 heavy (non-hydrogen) atoms. The predicted molar refractivity (Wildman–Crippen MR) is 66.6 cm³/mol. The molecule has 0 aliphatic rings. The first-order valence-electron chi connectivity index (χ1n) is 4.82. The summed E-state index contributed by atoms with van der Waals surface area (Å²) in [4.78, 5) is 0. The summed E-state index contributed by atoms with van der Waals surface area (Å²) >= 11 is 0. The van der Waals surface area contributed by atoms with Crippen LogP contribution in [0.5, 0.6) is 0 Å². The van der Waals surface area contributed by atoms with Crippen molar-refractivity contribution in [2.45, 2.75) is 19.6 Å². The van der Waals surface area contributed by atoms with Gasteiger partial charge in [0.25, 0.3) is 0 Å². The Hall–Kier alpha value is -1.26. The Morgan fingerprint density at radius 1 is 1.07 bits per heavy atom. The number of benzene rings is 1. The molecular formula is C13H16Si. The second-order valence-corrected chi connectivity index (χ2v) is 9.01. The Bertz CT molecular complexity index is 358. The van der Waals surface area contributed by atoms with Gasteiger partial charge in [0, 0.05) is 0 Å². The van der Waals surface area contributed by atoms with Crippen LogP contribution in [0.2, 0.25) is 19.6 Å². The Morgan fingerprint density at radius 3 is 2.29 bits per heavy atom. The molecule has 0 spiro atoms. The van der Waals surface area contributed by atoms with Gasteiger partial charge in [0.15, 0.2) is 0 Å². The first-order valence-corrected chi connectivity index (χ1v) is 8.32. The smallest absolute Gasteiger partial charge is 0.127 e. The van der Waals surface area contributed by atoms with Crippen LogP contribution in [0.4, 0.5) is 0 Å². The lowest BCUT2D eigenvalue weighted by Crippen LogP contribution is -2.16. The van der Waals surface area contributed by atoms with Gasteiger partial charge in [-0.05, 0) is 17.7 Å². The first kappa shape index (κ1) is 10.8. The van der Waals surface area contributed by atoms with Gasteiger partial charge in [-0.2, -0.15) is 0 Å². The first-order chi connectivity index (χ1) is 6.58. The van der Waals surface area contributed by atoms with Crippen molar-refractivity contribution in [2.75, 3.05) is 0 Å². The van der Waals surface area contributed by atoms with E-state index in [1.165, 1.54) is 5.56 Å². The zero-order valence-corrected chi connectivity index (χ0v) is 10.0. The Balaban J connectivity index is 2.61. The lowest BCUT2D eigenvalue weighted by atomic mass is 10.2. The summed E-state index contributed by atoms with van der Waals surface area (Å²) in [5.41, 5.74) is 4.50. The highest BCUT2D eigenvalue weighted by Gasteiger charge is 2.06. The topological polar surface area (TPSA) is 0 Å². The van der Waals surface area contributed by atoms with E-state index in [1.807, 2.05) is 30.4 Å². The van der Waals surface area contributed by atoms with Crippen LogP contribution in [0.1, 0.15) is 5.56 Å². The number of hydrogen-bond donors (Lipinski definition) is 0. The molecule has 1 aromatic rings. The molecule has 0 saturated heterocycles. The van der Waals surface area contributed by atoms with E-state index < -0.39 is 8.07 Å². The van der Waals surface area contributed by atoms with Crippen LogP contribution < -0.4 is 0 Å². The van der Waals surface area contributed by atoms with Gasteiger partial charge in [0.1, 0.15) is 8.07 Å². The third-order valence-electron chi connectivity index (χ3n) is 1.61. The standard InChI is InChI=1S/C13H16Si/c1-14(2,3)12-8-7-11-13-9-5-4-6-10-13/h4-7,9-11H,1-3H3/b11-7-. The monoisotopic (exact) mass is 200 g/mol. The fraction of sp³-hybridized carbons (Fsp3) is 0.231. The maximum absolute atomic E-state index is 3.29. The highest BCUT2D eigenvalue weighted by atomic mass is 28.3. The van der Waals surface area contributed by atoms with E-state index in [0.717, 1.165) is 0 Å². The third-order valence-corrected chi connectivity index (χ3v) is 2.50. The lowest BCUT2D eigenvalue weighted by Gasteiger charge is -2.02.